The Bertz CT molecular complexity index is 650. The number of guanidine groups is 1. The first kappa shape index (κ1) is 24.3. The lowest BCUT2D eigenvalue weighted by atomic mass is 10.2. The van der Waals surface area contributed by atoms with E-state index in [-0.39, 0.29) is 29.9 Å². The summed E-state index contributed by atoms with van der Waals surface area (Å²) in [6.07, 6.45) is 0.887. The fraction of sp³-hybridized carbons (Fsp3) is 0.600. The quantitative estimate of drug-likeness (QED) is 0.352. The summed E-state index contributed by atoms with van der Waals surface area (Å²) in [5.41, 5.74) is 1.04. The Morgan fingerprint density at radius 1 is 1.14 bits per heavy atom. The first-order valence-corrected chi connectivity index (χ1v) is 9.74. The molecule has 1 heterocycles. The molecular formula is C20H33IN4O3. The lowest BCUT2D eigenvalue weighted by molar-refractivity contribution is -0.131. The van der Waals surface area contributed by atoms with Gasteiger partial charge in [-0.1, -0.05) is 6.07 Å². The minimum absolute atomic E-state index is 0. The van der Waals surface area contributed by atoms with Crippen LogP contribution in [0.25, 0.3) is 0 Å². The number of ether oxygens (including phenoxy) is 2. The number of rotatable bonds is 7. The molecule has 0 radical (unpaired) electrons. The van der Waals surface area contributed by atoms with Crippen molar-refractivity contribution < 1.29 is 14.3 Å². The Morgan fingerprint density at radius 2 is 1.82 bits per heavy atom. The van der Waals surface area contributed by atoms with Gasteiger partial charge in [0.2, 0.25) is 5.91 Å². The maximum absolute atomic E-state index is 12.4. The Kier molecular flexibility index (Phi) is 11.0. The zero-order valence-corrected chi connectivity index (χ0v) is 19.7. The summed E-state index contributed by atoms with van der Waals surface area (Å²) < 4.78 is 11.4. The molecule has 0 saturated carbocycles. The molecule has 0 bridgehead atoms. The van der Waals surface area contributed by atoms with Crippen LogP contribution in [0.2, 0.25) is 0 Å². The molecular weight excluding hydrogens is 471 g/mol. The first-order chi connectivity index (χ1) is 13.1. The predicted molar refractivity (Wildman–Crippen MR) is 123 cm³/mol. The minimum atomic E-state index is 0. The van der Waals surface area contributed by atoms with Crippen molar-refractivity contribution >= 4 is 35.8 Å². The zero-order chi connectivity index (χ0) is 19.6. The van der Waals surface area contributed by atoms with Crippen LogP contribution in [-0.2, 0) is 11.3 Å². The van der Waals surface area contributed by atoms with Crippen LogP contribution in [0.4, 0.5) is 0 Å². The highest BCUT2D eigenvalue weighted by molar-refractivity contribution is 14.0. The van der Waals surface area contributed by atoms with Crippen molar-refractivity contribution in [3.05, 3.63) is 23.8 Å². The predicted octanol–water partition coefficient (Wildman–Crippen LogP) is 2.73. The van der Waals surface area contributed by atoms with Crippen molar-refractivity contribution in [3.63, 3.8) is 0 Å². The average Bonchev–Trinajstić information content (AvgIpc) is 2.90. The summed E-state index contributed by atoms with van der Waals surface area (Å²) in [7, 11) is 1.89. The van der Waals surface area contributed by atoms with Gasteiger partial charge in [0.15, 0.2) is 17.5 Å². The van der Waals surface area contributed by atoms with E-state index in [1.807, 2.05) is 55.8 Å². The van der Waals surface area contributed by atoms with Crippen LogP contribution >= 0.6 is 24.0 Å². The number of halogens is 1. The molecule has 1 aromatic rings. The highest BCUT2D eigenvalue weighted by Gasteiger charge is 2.15. The van der Waals surface area contributed by atoms with E-state index in [9.17, 15) is 4.79 Å². The zero-order valence-electron chi connectivity index (χ0n) is 17.4. The van der Waals surface area contributed by atoms with Gasteiger partial charge in [0.1, 0.15) is 0 Å². The standard InChI is InChI=1S/C20H32N4O3.HI/c1-5-21-20(23(4)15-19(25)24(6-2)7-3)22-14-16-9-10-17-18(13-16)27-12-8-11-26-17;/h9-10,13H,5-8,11-12,14-15H2,1-4H3,(H,21,22);1H. The Morgan fingerprint density at radius 3 is 2.46 bits per heavy atom. The molecule has 8 heteroatoms. The molecule has 1 amide bonds. The Labute approximate surface area is 185 Å². The number of hydrogen-bond donors (Lipinski definition) is 1. The highest BCUT2D eigenvalue weighted by Crippen LogP contribution is 2.30. The van der Waals surface area contributed by atoms with Gasteiger partial charge in [-0.2, -0.15) is 0 Å². The molecule has 0 spiro atoms. The van der Waals surface area contributed by atoms with Gasteiger partial charge in [-0.25, -0.2) is 4.99 Å². The topological polar surface area (TPSA) is 66.4 Å². The second-order valence-electron chi connectivity index (χ2n) is 6.42. The van der Waals surface area contributed by atoms with Gasteiger partial charge >= 0.3 is 0 Å². The smallest absolute Gasteiger partial charge is 0.242 e. The third-order valence-electron chi connectivity index (χ3n) is 4.41. The number of carbonyl (C=O) groups is 1. The summed E-state index contributed by atoms with van der Waals surface area (Å²) in [5.74, 6) is 2.37. The molecule has 28 heavy (non-hydrogen) atoms. The molecule has 1 N–H and O–H groups in total. The van der Waals surface area contributed by atoms with Crippen LogP contribution < -0.4 is 14.8 Å². The van der Waals surface area contributed by atoms with E-state index >= 15 is 0 Å². The van der Waals surface area contributed by atoms with Gasteiger partial charge in [0, 0.05) is 33.1 Å². The third-order valence-corrected chi connectivity index (χ3v) is 4.41. The Balaban J connectivity index is 0.00000392. The van der Waals surface area contributed by atoms with Gasteiger partial charge in [-0.3, -0.25) is 4.79 Å². The Hall–Kier alpha value is -1.71. The second kappa shape index (κ2) is 12.7. The van der Waals surface area contributed by atoms with Crippen LogP contribution in [0, 0.1) is 0 Å². The van der Waals surface area contributed by atoms with Gasteiger partial charge in [-0.05, 0) is 38.5 Å². The number of aliphatic imine (C=N–C) groups is 1. The molecule has 2 rings (SSSR count). The van der Waals surface area contributed by atoms with Crippen LogP contribution in [0.15, 0.2) is 23.2 Å². The molecule has 0 atom stereocenters. The summed E-state index contributed by atoms with van der Waals surface area (Å²) in [6.45, 7) is 10.3. The van der Waals surface area contributed by atoms with Crippen LogP contribution in [0.1, 0.15) is 32.8 Å². The fourth-order valence-electron chi connectivity index (χ4n) is 2.90. The van der Waals surface area contributed by atoms with Gasteiger partial charge in [0.25, 0.3) is 0 Å². The summed E-state index contributed by atoms with van der Waals surface area (Å²) in [6, 6.07) is 5.92. The molecule has 1 aliphatic heterocycles. The third kappa shape index (κ3) is 7.03. The molecule has 1 aliphatic rings. The molecule has 7 nitrogen and oxygen atoms in total. The van der Waals surface area contributed by atoms with Crippen molar-refractivity contribution in [1.29, 1.82) is 0 Å². The maximum Gasteiger partial charge on any atom is 0.242 e. The molecule has 0 aliphatic carbocycles. The molecule has 0 aromatic heterocycles. The monoisotopic (exact) mass is 504 g/mol. The number of nitrogens with zero attached hydrogens (tertiary/aromatic N) is 3. The molecule has 0 fully saturated rings. The number of carbonyl (C=O) groups excluding carboxylic acids is 1. The molecule has 0 saturated heterocycles. The van der Waals surface area contributed by atoms with Gasteiger partial charge < -0.3 is 24.6 Å². The van der Waals surface area contributed by atoms with E-state index in [4.69, 9.17) is 9.47 Å². The number of amides is 1. The minimum Gasteiger partial charge on any atom is -0.490 e. The average molecular weight is 504 g/mol. The van der Waals surface area contributed by atoms with E-state index < -0.39 is 0 Å². The fourth-order valence-corrected chi connectivity index (χ4v) is 2.90. The first-order valence-electron chi connectivity index (χ1n) is 9.74. The van der Waals surface area contributed by atoms with Crippen molar-refractivity contribution in [3.8, 4) is 11.5 Å². The van der Waals surface area contributed by atoms with Crippen molar-refractivity contribution in [1.82, 2.24) is 15.1 Å². The van der Waals surface area contributed by atoms with E-state index in [1.54, 1.807) is 0 Å². The van der Waals surface area contributed by atoms with Gasteiger partial charge in [0.05, 0.1) is 26.3 Å². The van der Waals surface area contributed by atoms with Crippen molar-refractivity contribution in [2.24, 2.45) is 4.99 Å². The number of fused-ring (bicyclic) bond motifs is 1. The molecule has 0 unspecified atom stereocenters. The van der Waals surface area contributed by atoms with Crippen LogP contribution in [0.3, 0.4) is 0 Å². The largest absolute Gasteiger partial charge is 0.490 e. The summed E-state index contributed by atoms with van der Waals surface area (Å²) >= 11 is 0. The van der Waals surface area contributed by atoms with Crippen molar-refractivity contribution in [2.75, 3.05) is 46.4 Å². The van der Waals surface area contributed by atoms with E-state index in [0.717, 1.165) is 30.0 Å². The second-order valence-corrected chi connectivity index (χ2v) is 6.42. The number of benzene rings is 1. The van der Waals surface area contributed by atoms with E-state index in [0.29, 0.717) is 45.4 Å². The molecule has 1 aromatic carbocycles. The van der Waals surface area contributed by atoms with Crippen LogP contribution in [0.5, 0.6) is 11.5 Å². The van der Waals surface area contributed by atoms with Crippen molar-refractivity contribution in [2.45, 2.75) is 33.7 Å². The lowest BCUT2D eigenvalue weighted by Crippen LogP contribution is -2.45. The normalized spacial score (nSPS) is 13.2. The van der Waals surface area contributed by atoms with Crippen LogP contribution in [-0.4, -0.2) is 68.1 Å². The molecule has 158 valence electrons. The summed E-state index contributed by atoms with van der Waals surface area (Å²) in [4.78, 5) is 20.7. The number of likely N-dealkylation sites (N-methyl/N-ethyl adjacent to an activating group) is 2. The highest BCUT2D eigenvalue weighted by atomic mass is 127. The maximum atomic E-state index is 12.4. The SMILES string of the molecule is CCNC(=NCc1ccc2c(c1)OCCCO2)N(C)CC(=O)N(CC)CC.I. The summed E-state index contributed by atoms with van der Waals surface area (Å²) in [5, 5.41) is 3.25. The number of hydrogen-bond acceptors (Lipinski definition) is 4. The lowest BCUT2D eigenvalue weighted by Gasteiger charge is -2.25. The van der Waals surface area contributed by atoms with Gasteiger partial charge in [-0.15, -0.1) is 24.0 Å². The number of nitrogens with one attached hydrogen (secondary N) is 1. The van der Waals surface area contributed by atoms with E-state index in [2.05, 4.69) is 10.3 Å². The van der Waals surface area contributed by atoms with E-state index in [1.165, 1.54) is 0 Å².